The minimum Gasteiger partial charge on any atom is -0.299 e. The predicted octanol–water partition coefficient (Wildman–Crippen LogP) is 0.541. The van der Waals surface area contributed by atoms with Gasteiger partial charge in [0.2, 0.25) is 10.0 Å². The van der Waals surface area contributed by atoms with Crippen LogP contribution in [0.3, 0.4) is 0 Å². The second kappa shape index (κ2) is 5.34. The number of nitrogens with one attached hydrogen (secondary N) is 1. The van der Waals surface area contributed by atoms with Gasteiger partial charge >= 0.3 is 0 Å². The number of carbonyl (C=O) groups excluding carboxylic acids is 1. The molecule has 0 rings (SSSR count). The van der Waals surface area contributed by atoms with Gasteiger partial charge in [-0.2, -0.15) is 0 Å². The Labute approximate surface area is 79.8 Å². The van der Waals surface area contributed by atoms with E-state index < -0.39 is 15.8 Å². The summed E-state index contributed by atoms with van der Waals surface area (Å²) >= 11 is 0. The van der Waals surface area contributed by atoms with Crippen molar-refractivity contribution in [2.45, 2.75) is 27.2 Å². The van der Waals surface area contributed by atoms with Crippen LogP contribution in [0.2, 0.25) is 0 Å². The van der Waals surface area contributed by atoms with E-state index in [0.717, 1.165) is 6.42 Å². The van der Waals surface area contributed by atoms with Crippen molar-refractivity contribution in [3.63, 3.8) is 0 Å². The van der Waals surface area contributed by atoms with Crippen LogP contribution < -0.4 is 4.72 Å². The van der Waals surface area contributed by atoms with Gasteiger partial charge in [0.25, 0.3) is 0 Å². The zero-order valence-corrected chi connectivity index (χ0v) is 9.15. The maximum Gasteiger partial charge on any atom is 0.218 e. The van der Waals surface area contributed by atoms with Crippen molar-refractivity contribution in [2.75, 3.05) is 12.3 Å². The van der Waals surface area contributed by atoms with Gasteiger partial charge in [0.15, 0.2) is 0 Å². The van der Waals surface area contributed by atoms with Crippen LogP contribution in [0.4, 0.5) is 0 Å². The van der Waals surface area contributed by atoms with E-state index in [4.69, 9.17) is 0 Å². The summed E-state index contributed by atoms with van der Waals surface area (Å²) < 4.78 is 24.6. The van der Waals surface area contributed by atoms with Gasteiger partial charge in [-0.25, -0.2) is 13.1 Å². The van der Waals surface area contributed by atoms with Crippen molar-refractivity contribution < 1.29 is 13.2 Å². The minimum atomic E-state index is -3.38. The van der Waals surface area contributed by atoms with Crippen LogP contribution >= 0.6 is 0 Å². The summed E-state index contributed by atoms with van der Waals surface area (Å²) in [6.07, 6.45) is 0.789. The number of sulfonamides is 1. The number of rotatable bonds is 6. The highest BCUT2D eigenvalue weighted by Crippen LogP contribution is 1.97. The van der Waals surface area contributed by atoms with Crippen molar-refractivity contribution in [3.05, 3.63) is 0 Å². The Morgan fingerprint density at radius 1 is 1.38 bits per heavy atom. The Morgan fingerprint density at radius 2 is 1.92 bits per heavy atom. The first-order valence-electron chi connectivity index (χ1n) is 4.30. The molecule has 0 heterocycles. The van der Waals surface area contributed by atoms with E-state index in [9.17, 15) is 13.2 Å². The second-order valence-corrected chi connectivity index (χ2v) is 5.34. The molecule has 13 heavy (non-hydrogen) atoms. The normalized spacial score (nSPS) is 12.0. The minimum absolute atomic E-state index is 0.336. The lowest BCUT2D eigenvalue weighted by atomic mass is 10.1. The van der Waals surface area contributed by atoms with Crippen LogP contribution in [-0.2, 0) is 14.8 Å². The lowest BCUT2D eigenvalue weighted by Gasteiger charge is -2.06. The van der Waals surface area contributed by atoms with E-state index in [1.807, 2.05) is 13.8 Å². The monoisotopic (exact) mass is 207 g/mol. The third-order valence-electron chi connectivity index (χ3n) is 1.44. The van der Waals surface area contributed by atoms with Gasteiger partial charge in [-0.1, -0.05) is 13.8 Å². The van der Waals surface area contributed by atoms with Gasteiger partial charge in [0, 0.05) is 6.54 Å². The summed E-state index contributed by atoms with van der Waals surface area (Å²) in [5.74, 6) is -0.289. The smallest absolute Gasteiger partial charge is 0.218 e. The molecule has 0 spiro atoms. The maximum atomic E-state index is 11.1. The van der Waals surface area contributed by atoms with E-state index in [2.05, 4.69) is 4.72 Å². The third kappa shape index (κ3) is 7.93. The molecule has 5 heteroatoms. The highest BCUT2D eigenvalue weighted by Gasteiger charge is 2.12. The molecule has 0 fully saturated rings. The number of ketones is 1. The highest BCUT2D eigenvalue weighted by atomic mass is 32.2. The standard InChI is InChI=1S/C8H17NO3S/c1-7(2)4-5-9-13(11,12)6-8(3)10/h7,9H,4-6H2,1-3H3. The summed E-state index contributed by atoms with van der Waals surface area (Å²) in [4.78, 5) is 10.5. The third-order valence-corrected chi connectivity index (χ3v) is 2.87. The fourth-order valence-electron chi connectivity index (χ4n) is 0.822. The second-order valence-electron chi connectivity index (χ2n) is 3.54. The summed E-state index contributed by atoms with van der Waals surface area (Å²) in [6.45, 7) is 5.70. The molecule has 0 aromatic rings. The average molecular weight is 207 g/mol. The number of hydrogen-bond donors (Lipinski definition) is 1. The van der Waals surface area contributed by atoms with Gasteiger partial charge in [-0.3, -0.25) is 4.79 Å². The molecule has 4 nitrogen and oxygen atoms in total. The first-order chi connectivity index (χ1) is 5.83. The predicted molar refractivity (Wildman–Crippen MR) is 51.9 cm³/mol. The molecule has 0 aliphatic rings. The van der Waals surface area contributed by atoms with Crippen molar-refractivity contribution in [3.8, 4) is 0 Å². The summed E-state index contributed by atoms with van der Waals surface area (Å²) in [7, 11) is -3.38. The molecule has 0 aliphatic heterocycles. The van der Waals surface area contributed by atoms with Crippen molar-refractivity contribution in [1.29, 1.82) is 0 Å². The summed E-state index contributed by atoms with van der Waals surface area (Å²) in [5.41, 5.74) is 0. The van der Waals surface area contributed by atoms with Crippen LogP contribution in [0.1, 0.15) is 27.2 Å². The topological polar surface area (TPSA) is 63.2 Å². The SMILES string of the molecule is CC(=O)CS(=O)(=O)NCCC(C)C. The first-order valence-corrected chi connectivity index (χ1v) is 5.95. The molecule has 0 bridgehead atoms. The molecular weight excluding hydrogens is 190 g/mol. The van der Waals surface area contributed by atoms with E-state index in [0.29, 0.717) is 12.5 Å². The fraction of sp³-hybridized carbons (Fsp3) is 0.875. The molecule has 0 saturated carbocycles. The van der Waals surface area contributed by atoms with Gasteiger partial charge in [-0.05, 0) is 19.3 Å². The molecule has 0 radical (unpaired) electrons. The zero-order chi connectivity index (χ0) is 10.5. The average Bonchev–Trinajstić information content (AvgIpc) is 1.81. The van der Waals surface area contributed by atoms with Gasteiger partial charge in [-0.15, -0.1) is 0 Å². The fourth-order valence-corrected chi connectivity index (χ4v) is 1.89. The number of carbonyl (C=O) groups is 1. The van der Waals surface area contributed by atoms with Gasteiger partial charge in [0.1, 0.15) is 11.5 Å². The molecule has 1 N–H and O–H groups in total. The van der Waals surface area contributed by atoms with Crippen LogP contribution in [0.25, 0.3) is 0 Å². The quantitative estimate of drug-likeness (QED) is 0.691. The summed E-state index contributed by atoms with van der Waals surface area (Å²) in [5, 5.41) is 0. The lowest BCUT2D eigenvalue weighted by Crippen LogP contribution is -2.30. The Bertz CT molecular complexity index is 257. The van der Waals surface area contributed by atoms with Crippen LogP contribution in [0.15, 0.2) is 0 Å². The van der Waals surface area contributed by atoms with Crippen molar-refractivity contribution >= 4 is 15.8 Å². The van der Waals surface area contributed by atoms with Crippen LogP contribution in [0, 0.1) is 5.92 Å². The van der Waals surface area contributed by atoms with Gasteiger partial charge in [0.05, 0.1) is 0 Å². The van der Waals surface area contributed by atoms with E-state index in [1.165, 1.54) is 6.92 Å². The van der Waals surface area contributed by atoms with Crippen LogP contribution in [-0.4, -0.2) is 26.5 Å². The molecule has 0 aromatic carbocycles. The molecular formula is C8H17NO3S. The van der Waals surface area contributed by atoms with Crippen LogP contribution in [0.5, 0.6) is 0 Å². The van der Waals surface area contributed by atoms with Crippen molar-refractivity contribution in [2.24, 2.45) is 5.92 Å². The molecule has 0 saturated heterocycles. The number of hydrogen-bond acceptors (Lipinski definition) is 3. The summed E-state index contributed by atoms with van der Waals surface area (Å²) in [6, 6.07) is 0. The molecule has 78 valence electrons. The van der Waals surface area contributed by atoms with E-state index >= 15 is 0 Å². The van der Waals surface area contributed by atoms with Gasteiger partial charge < -0.3 is 0 Å². The highest BCUT2D eigenvalue weighted by molar-refractivity contribution is 7.90. The molecule has 0 aliphatic carbocycles. The van der Waals surface area contributed by atoms with E-state index in [-0.39, 0.29) is 5.78 Å². The Morgan fingerprint density at radius 3 is 2.31 bits per heavy atom. The number of Topliss-reactive ketones (excluding diaryl/α,β-unsaturated/α-hetero) is 1. The Kier molecular flexibility index (Phi) is 5.17. The maximum absolute atomic E-state index is 11.1. The molecule has 0 atom stereocenters. The Hall–Kier alpha value is -0.420. The zero-order valence-electron chi connectivity index (χ0n) is 8.33. The molecule has 0 amide bonds. The molecule has 0 aromatic heterocycles. The van der Waals surface area contributed by atoms with Crippen molar-refractivity contribution in [1.82, 2.24) is 4.72 Å². The van der Waals surface area contributed by atoms with E-state index in [1.54, 1.807) is 0 Å². The Balaban J connectivity index is 3.84. The largest absolute Gasteiger partial charge is 0.299 e. The first kappa shape index (κ1) is 12.6. The lowest BCUT2D eigenvalue weighted by molar-refractivity contribution is -0.114. The molecule has 0 unspecified atom stereocenters.